The summed E-state index contributed by atoms with van der Waals surface area (Å²) in [6.45, 7) is 5.83. The van der Waals surface area contributed by atoms with Crippen molar-refractivity contribution in [1.29, 1.82) is 0 Å². The minimum Gasteiger partial charge on any atom is -0.467 e. The van der Waals surface area contributed by atoms with E-state index >= 15 is 0 Å². The number of hydrogen-bond acceptors (Lipinski definition) is 3. The van der Waals surface area contributed by atoms with E-state index in [0.29, 0.717) is 17.9 Å². The molecule has 3 N–H and O–H groups in total. The highest BCUT2D eigenvalue weighted by Gasteiger charge is 2.11. The van der Waals surface area contributed by atoms with Gasteiger partial charge in [0, 0.05) is 6.04 Å². The van der Waals surface area contributed by atoms with Crippen LogP contribution in [-0.4, -0.2) is 11.9 Å². The second-order valence-corrected chi connectivity index (χ2v) is 3.40. The third-order valence-corrected chi connectivity index (χ3v) is 2.01. The van der Waals surface area contributed by atoms with Crippen molar-refractivity contribution in [2.24, 2.45) is 5.73 Å². The van der Waals surface area contributed by atoms with E-state index in [-0.39, 0.29) is 24.4 Å². The number of rotatable bonds is 5. The van der Waals surface area contributed by atoms with Crippen molar-refractivity contribution < 1.29 is 9.21 Å². The van der Waals surface area contributed by atoms with Gasteiger partial charge in [0.05, 0.1) is 12.1 Å². The van der Waals surface area contributed by atoms with E-state index in [0.717, 1.165) is 6.42 Å². The maximum Gasteiger partial charge on any atom is 0.254 e. The minimum atomic E-state index is -0.146. The zero-order chi connectivity index (χ0) is 11.3. The van der Waals surface area contributed by atoms with Crippen molar-refractivity contribution in [3.8, 4) is 0 Å². The molecule has 5 heteroatoms. The monoisotopic (exact) mass is 244 g/mol. The number of nitrogens with two attached hydrogens (primary N) is 1. The molecule has 0 bridgehead atoms. The lowest BCUT2D eigenvalue weighted by Gasteiger charge is -2.09. The molecule has 0 saturated carbocycles. The van der Waals surface area contributed by atoms with Crippen LogP contribution in [0.4, 0.5) is 0 Å². The molecule has 90 valence electrons. The third-order valence-electron chi connectivity index (χ3n) is 2.01. The maximum atomic E-state index is 11.6. The summed E-state index contributed by atoms with van der Waals surface area (Å²) in [5.74, 6) is 0.462. The average Bonchev–Trinajstić information content (AvgIpc) is 2.66. The molecule has 0 radical (unpaired) electrons. The highest BCUT2D eigenvalue weighted by atomic mass is 35.5. The van der Waals surface area contributed by atoms with Gasteiger partial charge in [0.25, 0.3) is 5.91 Å². The van der Waals surface area contributed by atoms with E-state index in [9.17, 15) is 4.79 Å². The van der Waals surface area contributed by atoms with Gasteiger partial charge in [-0.3, -0.25) is 4.79 Å². The fourth-order valence-corrected chi connectivity index (χ4v) is 1.22. The van der Waals surface area contributed by atoms with Gasteiger partial charge in [-0.05, 0) is 19.4 Å². The van der Waals surface area contributed by atoms with Crippen molar-refractivity contribution >= 4 is 18.3 Å². The van der Waals surface area contributed by atoms with Crippen LogP contribution in [-0.2, 0) is 6.54 Å². The second-order valence-electron chi connectivity index (χ2n) is 3.40. The number of hydrogen-bond donors (Lipinski definition) is 2. The molecular formula is C11H17ClN2O2. The van der Waals surface area contributed by atoms with Crippen LogP contribution in [0.2, 0.25) is 0 Å². The Morgan fingerprint density at radius 3 is 2.94 bits per heavy atom. The summed E-state index contributed by atoms with van der Waals surface area (Å²) in [5.41, 5.74) is 5.88. The summed E-state index contributed by atoms with van der Waals surface area (Å²) >= 11 is 0. The van der Waals surface area contributed by atoms with Crippen LogP contribution in [0.5, 0.6) is 0 Å². The van der Waals surface area contributed by atoms with E-state index in [1.54, 1.807) is 12.1 Å². The molecule has 1 aromatic heterocycles. The lowest BCUT2D eigenvalue weighted by Crippen LogP contribution is -2.31. The average molecular weight is 245 g/mol. The zero-order valence-corrected chi connectivity index (χ0v) is 10.0. The molecule has 1 amide bonds. The fourth-order valence-electron chi connectivity index (χ4n) is 1.22. The van der Waals surface area contributed by atoms with E-state index in [1.165, 1.54) is 6.26 Å². The molecule has 0 spiro atoms. The molecule has 0 aromatic carbocycles. The van der Waals surface area contributed by atoms with Crippen LogP contribution in [0, 0.1) is 0 Å². The molecule has 4 nitrogen and oxygen atoms in total. The Bertz CT molecular complexity index is 350. The van der Waals surface area contributed by atoms with Gasteiger partial charge in [0.15, 0.2) is 0 Å². The first-order chi connectivity index (χ1) is 7.17. The normalized spacial score (nSPS) is 11.4. The van der Waals surface area contributed by atoms with Crippen molar-refractivity contribution in [3.63, 3.8) is 0 Å². The zero-order valence-electron chi connectivity index (χ0n) is 9.23. The number of carbonyl (C=O) groups is 1. The molecular weight excluding hydrogens is 228 g/mol. The van der Waals surface area contributed by atoms with Crippen LogP contribution in [0.1, 0.15) is 29.5 Å². The van der Waals surface area contributed by atoms with Gasteiger partial charge in [-0.15, -0.1) is 19.0 Å². The second kappa shape index (κ2) is 7.09. The first-order valence-electron chi connectivity index (χ1n) is 4.86. The fraction of sp³-hybridized carbons (Fsp3) is 0.364. The van der Waals surface area contributed by atoms with E-state index in [2.05, 4.69) is 11.9 Å². The van der Waals surface area contributed by atoms with Gasteiger partial charge < -0.3 is 15.5 Å². The van der Waals surface area contributed by atoms with Gasteiger partial charge in [0.2, 0.25) is 0 Å². The summed E-state index contributed by atoms with van der Waals surface area (Å²) in [6.07, 6.45) is 3.93. The molecule has 1 heterocycles. The van der Waals surface area contributed by atoms with Crippen molar-refractivity contribution in [2.75, 3.05) is 0 Å². The lowest BCUT2D eigenvalue weighted by atomic mass is 10.2. The summed E-state index contributed by atoms with van der Waals surface area (Å²) in [5, 5.41) is 2.82. The Labute approximate surface area is 101 Å². The molecule has 1 atom stereocenters. The first-order valence-corrected chi connectivity index (χ1v) is 4.86. The molecule has 1 aromatic rings. The molecule has 1 rings (SSSR count). The smallest absolute Gasteiger partial charge is 0.254 e. The van der Waals surface area contributed by atoms with Crippen molar-refractivity contribution in [3.05, 3.63) is 36.3 Å². The van der Waals surface area contributed by atoms with Crippen molar-refractivity contribution in [1.82, 2.24) is 5.32 Å². The molecule has 0 aliphatic heterocycles. The Hall–Kier alpha value is -1.26. The Morgan fingerprint density at radius 1 is 1.75 bits per heavy atom. The minimum absolute atomic E-state index is 0. The van der Waals surface area contributed by atoms with Gasteiger partial charge >= 0.3 is 0 Å². The number of nitrogens with one attached hydrogen (secondary N) is 1. The quantitative estimate of drug-likeness (QED) is 0.777. The Morgan fingerprint density at radius 2 is 2.44 bits per heavy atom. The standard InChI is InChI=1S/C11H16N2O2.ClH/c1-3-4-8(2)13-11(14)9-5-10(6-12)15-7-9;/h3,5,7-8H,1,4,6,12H2,2H3,(H,13,14);1H. The summed E-state index contributed by atoms with van der Waals surface area (Å²) in [4.78, 5) is 11.6. The maximum absolute atomic E-state index is 11.6. The van der Waals surface area contributed by atoms with Gasteiger partial charge in [0.1, 0.15) is 12.0 Å². The summed E-state index contributed by atoms with van der Waals surface area (Å²) in [7, 11) is 0. The van der Waals surface area contributed by atoms with Crippen LogP contribution >= 0.6 is 12.4 Å². The molecule has 0 aliphatic rings. The predicted molar refractivity (Wildman–Crippen MR) is 65.6 cm³/mol. The number of amides is 1. The number of carbonyl (C=O) groups excluding carboxylic acids is 1. The van der Waals surface area contributed by atoms with Crippen LogP contribution in [0.3, 0.4) is 0 Å². The van der Waals surface area contributed by atoms with E-state index in [4.69, 9.17) is 10.2 Å². The number of furan rings is 1. The molecule has 0 aliphatic carbocycles. The highest BCUT2D eigenvalue weighted by Crippen LogP contribution is 2.07. The lowest BCUT2D eigenvalue weighted by molar-refractivity contribution is 0.0940. The van der Waals surface area contributed by atoms with Crippen molar-refractivity contribution in [2.45, 2.75) is 25.9 Å². The number of halogens is 1. The van der Waals surface area contributed by atoms with E-state index < -0.39 is 0 Å². The van der Waals surface area contributed by atoms with Gasteiger partial charge in [-0.1, -0.05) is 6.08 Å². The molecule has 0 fully saturated rings. The predicted octanol–water partition coefficient (Wildman–Crippen LogP) is 1.85. The van der Waals surface area contributed by atoms with Gasteiger partial charge in [-0.2, -0.15) is 0 Å². The van der Waals surface area contributed by atoms with Crippen LogP contribution in [0.15, 0.2) is 29.4 Å². The van der Waals surface area contributed by atoms with Crippen LogP contribution < -0.4 is 11.1 Å². The van der Waals surface area contributed by atoms with E-state index in [1.807, 2.05) is 6.92 Å². The molecule has 0 saturated heterocycles. The molecule has 1 unspecified atom stereocenters. The SMILES string of the molecule is C=CCC(C)NC(=O)c1coc(CN)c1.Cl. The highest BCUT2D eigenvalue weighted by molar-refractivity contribution is 5.94. The molecule has 16 heavy (non-hydrogen) atoms. The first kappa shape index (κ1) is 14.7. The third kappa shape index (κ3) is 4.08. The Kier molecular flexibility index (Phi) is 6.53. The summed E-state index contributed by atoms with van der Waals surface area (Å²) in [6, 6.07) is 1.72. The Balaban J connectivity index is 0.00000225. The topological polar surface area (TPSA) is 68.3 Å². The van der Waals surface area contributed by atoms with Gasteiger partial charge in [-0.25, -0.2) is 0 Å². The van der Waals surface area contributed by atoms with Crippen LogP contribution in [0.25, 0.3) is 0 Å². The summed E-state index contributed by atoms with van der Waals surface area (Å²) < 4.78 is 5.07. The largest absolute Gasteiger partial charge is 0.467 e.